The number of carbonyl (C=O) groups excluding carboxylic acids is 2. The standard InChI is InChI=1S/C25H27N3O3/c1-16-6-11-21-20(13-16)22(26-19-9-7-18(8-10-19)25(30)31-3)14-23(27-21)24(29)28-12-4-5-17(2)15-28/h6-11,13-14,17H,4-5,12,15H2,1-3H3,(H,26,27)/t17-/m1/s1. The lowest BCUT2D eigenvalue weighted by Gasteiger charge is -2.30. The highest BCUT2D eigenvalue weighted by Crippen LogP contribution is 2.29. The molecule has 1 aromatic heterocycles. The fourth-order valence-corrected chi connectivity index (χ4v) is 4.05. The molecule has 1 fully saturated rings. The Labute approximate surface area is 182 Å². The molecule has 4 rings (SSSR count). The second-order valence-corrected chi connectivity index (χ2v) is 8.27. The van der Waals surface area contributed by atoms with Gasteiger partial charge in [0.05, 0.1) is 23.9 Å². The summed E-state index contributed by atoms with van der Waals surface area (Å²) in [6.45, 7) is 5.75. The molecule has 31 heavy (non-hydrogen) atoms. The van der Waals surface area contributed by atoms with Gasteiger partial charge < -0.3 is 15.0 Å². The van der Waals surface area contributed by atoms with Crippen molar-refractivity contribution >= 4 is 34.2 Å². The fraction of sp³-hybridized carbons (Fsp3) is 0.320. The van der Waals surface area contributed by atoms with Crippen molar-refractivity contribution in [2.24, 2.45) is 5.92 Å². The molecule has 6 heteroatoms. The Morgan fingerprint density at radius 2 is 1.90 bits per heavy atom. The minimum Gasteiger partial charge on any atom is -0.465 e. The lowest BCUT2D eigenvalue weighted by molar-refractivity contribution is 0.0600. The highest BCUT2D eigenvalue weighted by Gasteiger charge is 2.24. The van der Waals surface area contributed by atoms with Crippen LogP contribution in [0.15, 0.2) is 48.5 Å². The van der Waals surface area contributed by atoms with Crippen LogP contribution in [0, 0.1) is 12.8 Å². The summed E-state index contributed by atoms with van der Waals surface area (Å²) in [5, 5.41) is 4.35. The van der Waals surface area contributed by atoms with Crippen molar-refractivity contribution in [1.29, 1.82) is 0 Å². The van der Waals surface area contributed by atoms with Crippen molar-refractivity contribution in [3.05, 3.63) is 65.4 Å². The predicted molar refractivity (Wildman–Crippen MR) is 122 cm³/mol. The van der Waals surface area contributed by atoms with Crippen molar-refractivity contribution in [2.45, 2.75) is 26.7 Å². The number of ether oxygens (including phenoxy) is 1. The number of piperidine rings is 1. The number of nitrogens with one attached hydrogen (secondary N) is 1. The van der Waals surface area contributed by atoms with Crippen LogP contribution in [0.1, 0.15) is 46.2 Å². The van der Waals surface area contributed by atoms with Crippen LogP contribution in [-0.2, 0) is 4.74 Å². The lowest BCUT2D eigenvalue weighted by Crippen LogP contribution is -2.39. The number of nitrogens with zero attached hydrogens (tertiary/aromatic N) is 2. The molecule has 160 valence electrons. The second kappa shape index (κ2) is 8.76. The van der Waals surface area contributed by atoms with Gasteiger partial charge >= 0.3 is 5.97 Å². The molecular formula is C25H27N3O3. The molecular weight excluding hydrogens is 390 g/mol. The number of esters is 1. The quantitative estimate of drug-likeness (QED) is 0.609. The molecule has 0 unspecified atom stereocenters. The summed E-state index contributed by atoms with van der Waals surface area (Å²) in [4.78, 5) is 31.5. The van der Waals surface area contributed by atoms with Crippen LogP contribution in [0.5, 0.6) is 0 Å². The molecule has 0 radical (unpaired) electrons. The van der Waals surface area contributed by atoms with Crippen molar-refractivity contribution in [3.63, 3.8) is 0 Å². The topological polar surface area (TPSA) is 71.5 Å². The maximum absolute atomic E-state index is 13.2. The molecule has 0 bridgehead atoms. The van der Waals surface area contributed by atoms with Crippen LogP contribution >= 0.6 is 0 Å². The van der Waals surface area contributed by atoms with Crippen molar-refractivity contribution in [2.75, 3.05) is 25.5 Å². The number of aromatic nitrogens is 1. The van der Waals surface area contributed by atoms with Gasteiger partial charge in [-0.2, -0.15) is 0 Å². The summed E-state index contributed by atoms with van der Waals surface area (Å²) in [5.41, 5.74) is 4.44. The Morgan fingerprint density at radius 3 is 2.61 bits per heavy atom. The Kier molecular flexibility index (Phi) is 5.89. The Balaban J connectivity index is 1.70. The summed E-state index contributed by atoms with van der Waals surface area (Å²) in [5.74, 6) is 0.102. The molecule has 0 spiro atoms. The van der Waals surface area contributed by atoms with E-state index in [0.29, 0.717) is 17.2 Å². The van der Waals surface area contributed by atoms with Gasteiger partial charge in [-0.05, 0) is 68.1 Å². The Bertz CT molecular complexity index is 1120. The number of likely N-dealkylation sites (tertiary alicyclic amines) is 1. The zero-order valence-electron chi connectivity index (χ0n) is 18.1. The largest absolute Gasteiger partial charge is 0.465 e. The average molecular weight is 418 g/mol. The predicted octanol–water partition coefficient (Wildman–Crippen LogP) is 4.95. The zero-order chi connectivity index (χ0) is 22.0. The van der Waals surface area contributed by atoms with Crippen LogP contribution < -0.4 is 5.32 Å². The number of methoxy groups -OCH3 is 1. The van der Waals surface area contributed by atoms with E-state index in [4.69, 9.17) is 4.74 Å². The van der Waals surface area contributed by atoms with Crippen LogP contribution in [0.2, 0.25) is 0 Å². The molecule has 0 aliphatic carbocycles. The van der Waals surface area contributed by atoms with Gasteiger partial charge in [0.25, 0.3) is 5.91 Å². The molecule has 2 aromatic carbocycles. The summed E-state index contributed by atoms with van der Waals surface area (Å²) < 4.78 is 4.76. The van der Waals surface area contributed by atoms with Crippen LogP contribution in [0.25, 0.3) is 10.9 Å². The lowest BCUT2D eigenvalue weighted by atomic mass is 10.00. The van der Waals surface area contributed by atoms with Crippen molar-refractivity contribution < 1.29 is 14.3 Å². The normalized spacial score (nSPS) is 16.2. The number of rotatable bonds is 4. The maximum Gasteiger partial charge on any atom is 0.337 e. The molecule has 3 aromatic rings. The molecule has 1 amide bonds. The Morgan fingerprint density at radius 1 is 1.13 bits per heavy atom. The summed E-state index contributed by atoms with van der Waals surface area (Å²) in [7, 11) is 1.36. The van der Waals surface area contributed by atoms with E-state index in [1.165, 1.54) is 7.11 Å². The number of aryl methyl sites for hydroxylation is 1. The number of amides is 1. The van der Waals surface area contributed by atoms with Crippen LogP contribution in [0.3, 0.4) is 0 Å². The number of benzene rings is 2. The second-order valence-electron chi connectivity index (χ2n) is 8.27. The molecule has 1 aliphatic rings. The third-order valence-corrected chi connectivity index (χ3v) is 5.71. The monoisotopic (exact) mass is 417 g/mol. The van der Waals surface area contributed by atoms with Crippen molar-refractivity contribution in [3.8, 4) is 0 Å². The SMILES string of the molecule is COC(=O)c1ccc(Nc2cc(C(=O)N3CCC[C@@H](C)C3)nc3ccc(C)cc23)cc1. The Hall–Kier alpha value is -3.41. The van der Waals surface area contributed by atoms with Gasteiger partial charge in [-0.25, -0.2) is 9.78 Å². The third-order valence-electron chi connectivity index (χ3n) is 5.71. The molecule has 1 atom stereocenters. The van der Waals surface area contributed by atoms with Gasteiger partial charge in [0.2, 0.25) is 0 Å². The molecule has 2 heterocycles. The summed E-state index contributed by atoms with van der Waals surface area (Å²) >= 11 is 0. The number of hydrogen-bond acceptors (Lipinski definition) is 5. The van der Waals surface area contributed by atoms with Gasteiger partial charge in [-0.15, -0.1) is 0 Å². The van der Waals surface area contributed by atoms with E-state index in [1.54, 1.807) is 12.1 Å². The van der Waals surface area contributed by atoms with E-state index in [0.717, 1.165) is 53.8 Å². The minimum absolute atomic E-state index is 0.0295. The number of pyridine rings is 1. The van der Waals surface area contributed by atoms with Gasteiger partial charge in [0.1, 0.15) is 5.69 Å². The van der Waals surface area contributed by atoms with Gasteiger partial charge in [0, 0.05) is 24.2 Å². The van der Waals surface area contributed by atoms with E-state index < -0.39 is 0 Å². The van der Waals surface area contributed by atoms with Gasteiger partial charge in [0.15, 0.2) is 0 Å². The van der Waals surface area contributed by atoms with E-state index in [9.17, 15) is 9.59 Å². The average Bonchev–Trinajstić information content (AvgIpc) is 2.78. The number of hydrogen-bond donors (Lipinski definition) is 1. The number of fused-ring (bicyclic) bond motifs is 1. The molecule has 0 saturated carbocycles. The third kappa shape index (κ3) is 4.53. The van der Waals surface area contributed by atoms with E-state index in [1.807, 2.05) is 42.2 Å². The van der Waals surface area contributed by atoms with Crippen molar-refractivity contribution in [1.82, 2.24) is 9.88 Å². The molecule has 1 aliphatic heterocycles. The fourth-order valence-electron chi connectivity index (χ4n) is 4.05. The smallest absolute Gasteiger partial charge is 0.337 e. The first-order chi connectivity index (χ1) is 14.9. The molecule has 1 saturated heterocycles. The first-order valence-electron chi connectivity index (χ1n) is 10.6. The van der Waals surface area contributed by atoms with Crippen LogP contribution in [-0.4, -0.2) is 42.0 Å². The first kappa shape index (κ1) is 20.8. The van der Waals surface area contributed by atoms with Crippen LogP contribution in [0.4, 0.5) is 11.4 Å². The summed E-state index contributed by atoms with van der Waals surface area (Å²) in [6.07, 6.45) is 2.18. The minimum atomic E-state index is -0.375. The maximum atomic E-state index is 13.2. The first-order valence-corrected chi connectivity index (χ1v) is 10.6. The van der Waals surface area contributed by atoms with Gasteiger partial charge in [-0.3, -0.25) is 4.79 Å². The summed E-state index contributed by atoms with van der Waals surface area (Å²) in [6, 6.07) is 14.9. The van der Waals surface area contributed by atoms with Gasteiger partial charge in [-0.1, -0.05) is 18.6 Å². The number of anilines is 2. The highest BCUT2D eigenvalue weighted by molar-refractivity contribution is 6.01. The van der Waals surface area contributed by atoms with E-state index in [-0.39, 0.29) is 11.9 Å². The number of carbonyl (C=O) groups is 2. The molecule has 6 nitrogen and oxygen atoms in total. The zero-order valence-corrected chi connectivity index (χ0v) is 18.1. The van der Waals surface area contributed by atoms with E-state index >= 15 is 0 Å². The molecule has 1 N–H and O–H groups in total. The van der Waals surface area contributed by atoms with E-state index in [2.05, 4.69) is 23.3 Å². The highest BCUT2D eigenvalue weighted by atomic mass is 16.5.